The fraction of sp³-hybridized carbons (Fsp3) is 1.00. The Bertz CT molecular complexity index is 271. The third-order valence-electron chi connectivity index (χ3n) is 4.38. The fourth-order valence-electron chi connectivity index (χ4n) is 2.46. The normalized spacial score (nSPS) is 28.4. The van der Waals surface area contributed by atoms with Crippen LogP contribution in [0.4, 0.5) is 0 Å². The SMILES string of the molecule is CC.CC1CN(C)CCO1.CC1COCCN1C.CN1CCOCC1. The number of nitrogens with zero attached hydrogens (tertiary/aromatic N) is 3. The second-order valence-electron chi connectivity index (χ2n) is 6.76. The van der Waals surface area contributed by atoms with Crippen molar-refractivity contribution in [3.63, 3.8) is 0 Å². The van der Waals surface area contributed by atoms with E-state index in [1.807, 2.05) is 13.8 Å². The summed E-state index contributed by atoms with van der Waals surface area (Å²) in [6.07, 6.45) is 0.439. The van der Waals surface area contributed by atoms with Crippen LogP contribution >= 0.6 is 0 Å². The van der Waals surface area contributed by atoms with Gasteiger partial charge in [-0.2, -0.15) is 0 Å². The van der Waals surface area contributed by atoms with Crippen LogP contribution < -0.4 is 0 Å². The summed E-state index contributed by atoms with van der Waals surface area (Å²) in [5, 5.41) is 0. The zero-order valence-corrected chi connectivity index (χ0v) is 17.8. The minimum Gasteiger partial charge on any atom is -0.379 e. The van der Waals surface area contributed by atoms with Crippen LogP contribution in [0.5, 0.6) is 0 Å². The molecule has 0 saturated carbocycles. The van der Waals surface area contributed by atoms with Crippen molar-refractivity contribution in [2.75, 3.05) is 86.9 Å². The smallest absolute Gasteiger partial charge is 0.0674 e. The molecule has 0 aliphatic carbocycles. The van der Waals surface area contributed by atoms with Gasteiger partial charge in [-0.25, -0.2) is 0 Å². The van der Waals surface area contributed by atoms with Gasteiger partial charge in [-0.15, -0.1) is 0 Å². The van der Waals surface area contributed by atoms with Gasteiger partial charge in [0, 0.05) is 38.8 Å². The molecule has 3 heterocycles. The van der Waals surface area contributed by atoms with Crippen molar-refractivity contribution in [2.45, 2.75) is 39.8 Å². The largest absolute Gasteiger partial charge is 0.379 e. The molecule has 0 amide bonds. The summed E-state index contributed by atoms with van der Waals surface area (Å²) in [6, 6.07) is 0.615. The quantitative estimate of drug-likeness (QED) is 0.653. The third kappa shape index (κ3) is 13.6. The molecule has 0 bridgehead atoms. The Hall–Kier alpha value is -0.240. The molecule has 152 valence electrons. The molecule has 2 atom stereocenters. The van der Waals surface area contributed by atoms with Gasteiger partial charge in [0.05, 0.1) is 39.1 Å². The van der Waals surface area contributed by atoms with E-state index < -0.39 is 0 Å². The number of likely N-dealkylation sites (N-methyl/N-ethyl adjacent to an activating group) is 3. The van der Waals surface area contributed by atoms with Crippen LogP contribution in [0.1, 0.15) is 27.7 Å². The molecule has 0 N–H and O–H groups in total. The molecule has 0 aromatic carbocycles. The molecule has 0 spiro atoms. The monoisotopic (exact) mass is 361 g/mol. The lowest BCUT2D eigenvalue weighted by molar-refractivity contribution is -0.00861. The standard InChI is InChI=1S/2C6H13NO.C5H11NO.C2H6/c1-6-5-8-4-3-7(6)2;1-6-5-7(2)3-4-8-6;1-6-2-4-7-5-3-6;1-2/h2*6H,3-5H2,1-2H3;2-5H2,1H3;1-2H3. The summed E-state index contributed by atoms with van der Waals surface area (Å²) in [4.78, 5) is 6.86. The highest BCUT2D eigenvalue weighted by molar-refractivity contribution is 4.65. The van der Waals surface area contributed by atoms with Gasteiger partial charge < -0.3 is 24.0 Å². The minimum absolute atomic E-state index is 0.439. The van der Waals surface area contributed by atoms with Crippen molar-refractivity contribution in [1.82, 2.24) is 14.7 Å². The molecule has 6 nitrogen and oxygen atoms in total. The molecule has 3 aliphatic heterocycles. The summed E-state index contributed by atoms with van der Waals surface area (Å²) in [5.41, 5.74) is 0. The average molecular weight is 362 g/mol. The fourth-order valence-corrected chi connectivity index (χ4v) is 2.46. The lowest BCUT2D eigenvalue weighted by Gasteiger charge is -2.29. The molecule has 0 aromatic rings. The first-order chi connectivity index (χ1) is 12.0. The molecule has 0 aromatic heterocycles. The van der Waals surface area contributed by atoms with Crippen LogP contribution in [0, 0.1) is 0 Å². The maximum Gasteiger partial charge on any atom is 0.0674 e. The predicted octanol–water partition coefficient (Wildman–Crippen LogP) is 1.65. The Morgan fingerprint density at radius 3 is 1.60 bits per heavy atom. The molecule has 3 fully saturated rings. The van der Waals surface area contributed by atoms with Crippen molar-refractivity contribution in [2.24, 2.45) is 0 Å². The van der Waals surface area contributed by atoms with Gasteiger partial charge in [0.2, 0.25) is 0 Å². The van der Waals surface area contributed by atoms with Gasteiger partial charge in [0.25, 0.3) is 0 Å². The van der Waals surface area contributed by atoms with Crippen molar-refractivity contribution in [3.05, 3.63) is 0 Å². The first kappa shape index (κ1) is 24.8. The summed E-state index contributed by atoms with van der Waals surface area (Å²) in [6.45, 7) is 18.3. The number of morpholine rings is 3. The van der Waals surface area contributed by atoms with Crippen LogP contribution in [0.15, 0.2) is 0 Å². The molecular weight excluding hydrogens is 318 g/mol. The van der Waals surface area contributed by atoms with Gasteiger partial charge >= 0.3 is 0 Å². The molecule has 6 heteroatoms. The number of ether oxygens (including phenoxy) is 3. The van der Waals surface area contributed by atoms with E-state index in [1.54, 1.807) is 0 Å². The van der Waals surface area contributed by atoms with Crippen LogP contribution in [-0.2, 0) is 14.2 Å². The van der Waals surface area contributed by atoms with Crippen molar-refractivity contribution >= 4 is 0 Å². The molecule has 3 saturated heterocycles. The summed E-state index contributed by atoms with van der Waals surface area (Å²) >= 11 is 0. The second-order valence-corrected chi connectivity index (χ2v) is 6.76. The second kappa shape index (κ2) is 16.0. The molecular formula is C19H43N3O3. The first-order valence-electron chi connectivity index (χ1n) is 9.83. The Morgan fingerprint density at radius 2 is 1.28 bits per heavy atom. The topological polar surface area (TPSA) is 37.4 Å². The zero-order chi connectivity index (χ0) is 19.1. The highest BCUT2D eigenvalue weighted by Gasteiger charge is 2.13. The van der Waals surface area contributed by atoms with Crippen LogP contribution in [0.3, 0.4) is 0 Å². The highest BCUT2D eigenvalue weighted by atomic mass is 16.5. The van der Waals surface area contributed by atoms with Crippen LogP contribution in [0.2, 0.25) is 0 Å². The van der Waals surface area contributed by atoms with Crippen LogP contribution in [0.25, 0.3) is 0 Å². The third-order valence-corrected chi connectivity index (χ3v) is 4.38. The van der Waals surface area contributed by atoms with E-state index in [0.29, 0.717) is 12.1 Å². The Labute approximate surface area is 156 Å². The number of hydrogen-bond donors (Lipinski definition) is 0. The Kier molecular flexibility index (Phi) is 15.8. The van der Waals surface area contributed by atoms with E-state index in [9.17, 15) is 0 Å². The predicted molar refractivity (Wildman–Crippen MR) is 105 cm³/mol. The summed E-state index contributed by atoms with van der Waals surface area (Å²) in [5.74, 6) is 0. The lowest BCUT2D eigenvalue weighted by atomic mass is 10.3. The van der Waals surface area contributed by atoms with E-state index in [2.05, 4.69) is 49.7 Å². The van der Waals surface area contributed by atoms with Crippen LogP contribution in [-0.4, -0.2) is 114 Å². The molecule has 25 heavy (non-hydrogen) atoms. The zero-order valence-electron chi connectivity index (χ0n) is 17.8. The Morgan fingerprint density at radius 1 is 0.720 bits per heavy atom. The Balaban J connectivity index is 0.000000330. The minimum atomic E-state index is 0.439. The van der Waals surface area contributed by atoms with Gasteiger partial charge in [-0.05, 0) is 35.0 Å². The lowest BCUT2D eigenvalue weighted by Crippen LogP contribution is -2.40. The number of rotatable bonds is 0. The average Bonchev–Trinajstić information content (AvgIpc) is 2.61. The van der Waals surface area contributed by atoms with E-state index in [0.717, 1.165) is 65.8 Å². The van der Waals surface area contributed by atoms with Gasteiger partial charge in [0.1, 0.15) is 0 Å². The first-order valence-corrected chi connectivity index (χ1v) is 9.83. The van der Waals surface area contributed by atoms with E-state index in [4.69, 9.17) is 14.2 Å². The molecule has 2 unspecified atom stereocenters. The van der Waals surface area contributed by atoms with E-state index in [1.165, 1.54) is 0 Å². The van der Waals surface area contributed by atoms with Crippen molar-refractivity contribution in [3.8, 4) is 0 Å². The number of hydrogen-bond acceptors (Lipinski definition) is 6. The molecule has 3 aliphatic rings. The molecule has 3 rings (SSSR count). The summed E-state index contributed by atoms with van der Waals surface area (Å²) in [7, 11) is 6.37. The maximum absolute atomic E-state index is 5.31. The maximum atomic E-state index is 5.31. The van der Waals surface area contributed by atoms with Gasteiger partial charge in [-0.1, -0.05) is 13.8 Å². The van der Waals surface area contributed by atoms with E-state index >= 15 is 0 Å². The van der Waals surface area contributed by atoms with Crippen molar-refractivity contribution < 1.29 is 14.2 Å². The van der Waals surface area contributed by atoms with Gasteiger partial charge in [-0.3, -0.25) is 4.90 Å². The molecule has 0 radical (unpaired) electrons. The summed E-state index contributed by atoms with van der Waals surface area (Å²) < 4.78 is 15.6. The van der Waals surface area contributed by atoms with Crippen molar-refractivity contribution in [1.29, 1.82) is 0 Å². The van der Waals surface area contributed by atoms with Gasteiger partial charge in [0.15, 0.2) is 0 Å². The highest BCUT2D eigenvalue weighted by Crippen LogP contribution is 2.01. The van der Waals surface area contributed by atoms with E-state index in [-0.39, 0.29) is 0 Å².